The molecule has 1 aliphatic rings. The molecule has 23 heavy (non-hydrogen) atoms. The van der Waals surface area contributed by atoms with Crippen molar-refractivity contribution in [1.82, 2.24) is 5.32 Å². The number of nitro benzene ring substituents is 1. The maximum absolute atomic E-state index is 11.0. The van der Waals surface area contributed by atoms with Crippen molar-refractivity contribution in [3.05, 3.63) is 69.3 Å². The highest BCUT2D eigenvalue weighted by molar-refractivity contribution is 5.60. The highest BCUT2D eigenvalue weighted by atomic mass is 16.6. The molecule has 2 aromatic carbocycles. The van der Waals surface area contributed by atoms with Gasteiger partial charge in [0.25, 0.3) is 5.69 Å². The maximum atomic E-state index is 11.0. The molecule has 0 amide bonds. The minimum atomic E-state index is -0.372. The number of hydrogen-bond acceptors (Lipinski definition) is 4. The molecule has 1 atom stereocenters. The molecule has 0 spiro atoms. The zero-order chi connectivity index (χ0) is 16.2. The van der Waals surface area contributed by atoms with Crippen molar-refractivity contribution in [3.8, 4) is 0 Å². The zero-order valence-electron chi connectivity index (χ0n) is 13.0. The number of non-ortho nitro benzene ring substituents is 1. The van der Waals surface area contributed by atoms with Crippen LogP contribution in [0.15, 0.2) is 42.5 Å². The third kappa shape index (κ3) is 3.51. The fourth-order valence-corrected chi connectivity index (χ4v) is 3.34. The lowest BCUT2D eigenvalue weighted by atomic mass is 9.89. The molecular formula is C18H21N3O2. The van der Waals surface area contributed by atoms with Gasteiger partial charge in [-0.1, -0.05) is 30.3 Å². The highest BCUT2D eigenvalue weighted by Gasteiger charge is 2.24. The topological polar surface area (TPSA) is 81.2 Å². The molecule has 1 heterocycles. The van der Waals surface area contributed by atoms with Gasteiger partial charge < -0.3 is 11.1 Å². The normalized spacial score (nSPS) is 16.8. The second kappa shape index (κ2) is 6.79. The number of hydrogen-bond donors (Lipinski definition) is 2. The largest absolute Gasteiger partial charge is 0.398 e. The van der Waals surface area contributed by atoms with Crippen LogP contribution < -0.4 is 11.1 Å². The lowest BCUT2D eigenvalue weighted by Gasteiger charge is -2.28. The fraction of sp³-hybridized carbons (Fsp3) is 0.333. The summed E-state index contributed by atoms with van der Waals surface area (Å²) in [6, 6.07) is 13.8. The van der Waals surface area contributed by atoms with Crippen LogP contribution >= 0.6 is 0 Å². The summed E-state index contributed by atoms with van der Waals surface area (Å²) >= 11 is 0. The molecule has 0 bridgehead atoms. The average molecular weight is 311 g/mol. The number of benzene rings is 2. The van der Waals surface area contributed by atoms with Crippen LogP contribution in [0.4, 0.5) is 11.4 Å². The second-order valence-corrected chi connectivity index (χ2v) is 6.00. The van der Waals surface area contributed by atoms with Crippen molar-refractivity contribution < 1.29 is 4.92 Å². The molecule has 1 aliphatic heterocycles. The molecular weight excluding hydrogens is 290 g/mol. The van der Waals surface area contributed by atoms with Crippen molar-refractivity contribution in [2.75, 3.05) is 12.3 Å². The van der Waals surface area contributed by atoms with E-state index < -0.39 is 0 Å². The molecule has 5 nitrogen and oxygen atoms in total. The minimum Gasteiger partial charge on any atom is -0.398 e. The molecule has 0 saturated carbocycles. The van der Waals surface area contributed by atoms with Gasteiger partial charge in [0, 0.05) is 23.9 Å². The van der Waals surface area contributed by atoms with Crippen molar-refractivity contribution >= 4 is 11.4 Å². The zero-order valence-corrected chi connectivity index (χ0v) is 13.0. The average Bonchev–Trinajstić information content (AvgIpc) is 2.55. The van der Waals surface area contributed by atoms with E-state index in [0.717, 1.165) is 43.4 Å². The van der Waals surface area contributed by atoms with Crippen LogP contribution in [-0.4, -0.2) is 11.5 Å². The van der Waals surface area contributed by atoms with Gasteiger partial charge in [0.2, 0.25) is 0 Å². The van der Waals surface area contributed by atoms with E-state index in [1.54, 1.807) is 6.07 Å². The van der Waals surface area contributed by atoms with Crippen molar-refractivity contribution in [2.45, 2.75) is 31.7 Å². The molecule has 0 radical (unpaired) electrons. The number of anilines is 1. The van der Waals surface area contributed by atoms with Crippen LogP contribution in [-0.2, 0) is 12.8 Å². The van der Waals surface area contributed by atoms with Crippen molar-refractivity contribution in [3.63, 3.8) is 0 Å². The van der Waals surface area contributed by atoms with Crippen LogP contribution in [0.3, 0.4) is 0 Å². The van der Waals surface area contributed by atoms with Crippen LogP contribution in [0.5, 0.6) is 0 Å². The molecule has 0 saturated heterocycles. The monoisotopic (exact) mass is 311 g/mol. The van der Waals surface area contributed by atoms with Gasteiger partial charge in [-0.3, -0.25) is 10.1 Å². The highest BCUT2D eigenvalue weighted by Crippen LogP contribution is 2.34. The predicted octanol–water partition coefficient (Wildman–Crippen LogP) is 3.39. The van der Waals surface area contributed by atoms with Gasteiger partial charge in [-0.15, -0.1) is 0 Å². The molecule has 1 unspecified atom stereocenters. The SMILES string of the molecule is Nc1cc([N+](=O)[O-])cc2c1C(CCCc1ccccc1)NCC2. The summed E-state index contributed by atoms with van der Waals surface area (Å²) in [5.74, 6) is 0. The Morgan fingerprint density at radius 3 is 2.78 bits per heavy atom. The number of nitrogens with two attached hydrogens (primary N) is 1. The summed E-state index contributed by atoms with van der Waals surface area (Å²) < 4.78 is 0. The quantitative estimate of drug-likeness (QED) is 0.504. The molecule has 2 aromatic rings. The van der Waals surface area contributed by atoms with E-state index in [-0.39, 0.29) is 16.7 Å². The third-order valence-corrected chi connectivity index (χ3v) is 4.43. The summed E-state index contributed by atoms with van der Waals surface area (Å²) in [6.45, 7) is 0.837. The Labute approximate surface area is 135 Å². The Bertz CT molecular complexity index is 701. The Kier molecular flexibility index (Phi) is 4.57. The van der Waals surface area contributed by atoms with Gasteiger partial charge >= 0.3 is 0 Å². The van der Waals surface area contributed by atoms with E-state index in [9.17, 15) is 10.1 Å². The summed E-state index contributed by atoms with van der Waals surface area (Å²) in [7, 11) is 0. The minimum absolute atomic E-state index is 0.0891. The number of nitrogen functional groups attached to an aromatic ring is 1. The fourth-order valence-electron chi connectivity index (χ4n) is 3.34. The van der Waals surface area contributed by atoms with E-state index in [4.69, 9.17) is 5.73 Å². The summed E-state index contributed by atoms with van der Waals surface area (Å²) in [5.41, 5.74) is 10.1. The molecule has 0 aromatic heterocycles. The molecule has 0 fully saturated rings. The van der Waals surface area contributed by atoms with E-state index >= 15 is 0 Å². The van der Waals surface area contributed by atoms with Gasteiger partial charge in [0.15, 0.2) is 0 Å². The number of nitrogens with one attached hydrogen (secondary N) is 1. The second-order valence-electron chi connectivity index (χ2n) is 6.00. The Morgan fingerprint density at radius 2 is 2.04 bits per heavy atom. The first-order valence-electron chi connectivity index (χ1n) is 7.99. The van der Waals surface area contributed by atoms with Gasteiger partial charge in [0.1, 0.15) is 0 Å². The predicted molar refractivity (Wildman–Crippen MR) is 91.3 cm³/mol. The van der Waals surface area contributed by atoms with Gasteiger partial charge in [-0.2, -0.15) is 0 Å². The maximum Gasteiger partial charge on any atom is 0.271 e. The Hall–Kier alpha value is -2.40. The van der Waals surface area contributed by atoms with E-state index in [1.807, 2.05) is 6.07 Å². The van der Waals surface area contributed by atoms with Crippen LogP contribution in [0.1, 0.15) is 35.6 Å². The van der Waals surface area contributed by atoms with E-state index in [2.05, 4.69) is 29.6 Å². The van der Waals surface area contributed by atoms with Crippen LogP contribution in [0.25, 0.3) is 0 Å². The lowest BCUT2D eigenvalue weighted by Crippen LogP contribution is -2.30. The van der Waals surface area contributed by atoms with E-state index in [1.165, 1.54) is 11.6 Å². The molecule has 120 valence electrons. The third-order valence-electron chi connectivity index (χ3n) is 4.43. The summed E-state index contributed by atoms with van der Waals surface area (Å²) in [6.07, 6.45) is 3.85. The van der Waals surface area contributed by atoms with E-state index in [0.29, 0.717) is 5.69 Å². The van der Waals surface area contributed by atoms with Gasteiger partial charge in [-0.25, -0.2) is 0 Å². The first kappa shape index (κ1) is 15.5. The number of nitro groups is 1. The summed E-state index contributed by atoms with van der Waals surface area (Å²) in [4.78, 5) is 10.6. The Balaban J connectivity index is 1.72. The first-order chi connectivity index (χ1) is 11.1. The molecule has 3 rings (SSSR count). The first-order valence-corrected chi connectivity index (χ1v) is 7.99. The summed E-state index contributed by atoms with van der Waals surface area (Å²) in [5, 5.41) is 14.5. The number of rotatable bonds is 5. The van der Waals surface area contributed by atoms with Crippen LogP contribution in [0.2, 0.25) is 0 Å². The number of aryl methyl sites for hydroxylation is 1. The standard InChI is InChI=1S/C18H21N3O2/c19-16-12-15(21(22)23)11-14-9-10-20-17(18(14)16)8-4-7-13-5-2-1-3-6-13/h1-3,5-6,11-12,17,20H,4,7-10,19H2. The molecule has 5 heteroatoms. The van der Waals surface area contributed by atoms with Gasteiger partial charge in [0.05, 0.1) is 4.92 Å². The Morgan fingerprint density at radius 1 is 1.26 bits per heavy atom. The number of fused-ring (bicyclic) bond motifs is 1. The molecule has 0 aliphatic carbocycles. The van der Waals surface area contributed by atoms with Crippen molar-refractivity contribution in [1.29, 1.82) is 0 Å². The van der Waals surface area contributed by atoms with Crippen LogP contribution in [0, 0.1) is 10.1 Å². The number of nitrogens with zero attached hydrogens (tertiary/aromatic N) is 1. The molecule has 3 N–H and O–H groups in total. The lowest BCUT2D eigenvalue weighted by molar-refractivity contribution is -0.384. The van der Waals surface area contributed by atoms with Crippen molar-refractivity contribution in [2.24, 2.45) is 0 Å². The van der Waals surface area contributed by atoms with Gasteiger partial charge in [-0.05, 0) is 48.9 Å². The smallest absolute Gasteiger partial charge is 0.271 e.